The molecule has 0 radical (unpaired) electrons. The van der Waals surface area contributed by atoms with Crippen molar-refractivity contribution < 1.29 is 0 Å². The van der Waals surface area contributed by atoms with Gasteiger partial charge in [0.2, 0.25) is 0 Å². The fourth-order valence-electron chi connectivity index (χ4n) is 2.76. The number of hydrogen-bond acceptors (Lipinski definition) is 4. The van der Waals surface area contributed by atoms with Crippen LogP contribution in [0.25, 0.3) is 0 Å². The van der Waals surface area contributed by atoms with Crippen LogP contribution in [0.2, 0.25) is 0 Å². The van der Waals surface area contributed by atoms with E-state index in [4.69, 9.17) is 0 Å². The first kappa shape index (κ1) is 15.2. The number of aromatic nitrogens is 1. The minimum absolute atomic E-state index is 0. The van der Waals surface area contributed by atoms with Gasteiger partial charge in [0, 0.05) is 48.7 Å². The first-order valence-corrected chi connectivity index (χ1v) is 7.96. The molecule has 1 aliphatic carbocycles. The molecule has 3 nitrogen and oxygen atoms in total. The Balaban J connectivity index is 0.00000133. The number of nitrogens with zero attached hydrogens (tertiary/aromatic N) is 2. The molecule has 2 heterocycles. The molecule has 0 aromatic carbocycles. The molecular weight excluding hydrogens is 278 g/mol. The van der Waals surface area contributed by atoms with Crippen LogP contribution < -0.4 is 5.32 Å². The summed E-state index contributed by atoms with van der Waals surface area (Å²) in [5, 5.41) is 4.92. The summed E-state index contributed by atoms with van der Waals surface area (Å²) < 4.78 is 0. The first-order valence-electron chi connectivity index (χ1n) is 7.14. The molecule has 1 N–H and O–H groups in total. The third-order valence-electron chi connectivity index (χ3n) is 4.28. The van der Waals surface area contributed by atoms with Crippen molar-refractivity contribution in [3.05, 3.63) is 16.1 Å². The predicted octanol–water partition coefficient (Wildman–Crippen LogP) is 3.01. The Hall–Kier alpha value is -0.160. The molecule has 0 spiro atoms. The summed E-state index contributed by atoms with van der Waals surface area (Å²) in [5.41, 5.74) is 0. The molecular formula is C14H24ClN3S. The maximum Gasteiger partial charge on any atom is 0.0959 e. The molecule has 1 aliphatic heterocycles. The molecule has 2 atom stereocenters. The molecule has 1 saturated heterocycles. The van der Waals surface area contributed by atoms with Gasteiger partial charge in [-0.2, -0.15) is 0 Å². The van der Waals surface area contributed by atoms with E-state index >= 15 is 0 Å². The van der Waals surface area contributed by atoms with Crippen molar-refractivity contribution in [2.75, 3.05) is 13.1 Å². The highest BCUT2D eigenvalue weighted by atomic mass is 35.5. The van der Waals surface area contributed by atoms with Gasteiger partial charge in [0.05, 0.1) is 5.01 Å². The number of piperazine rings is 1. The Morgan fingerprint density at radius 3 is 2.89 bits per heavy atom. The third-order valence-corrected chi connectivity index (χ3v) is 5.42. The lowest BCUT2D eigenvalue weighted by molar-refractivity contribution is 0.140. The molecule has 0 bridgehead atoms. The van der Waals surface area contributed by atoms with Crippen LogP contribution in [0, 0.1) is 0 Å². The lowest BCUT2D eigenvalue weighted by Gasteiger charge is -2.37. The van der Waals surface area contributed by atoms with E-state index in [9.17, 15) is 0 Å². The van der Waals surface area contributed by atoms with Crippen LogP contribution >= 0.6 is 23.7 Å². The molecule has 1 aromatic heterocycles. The van der Waals surface area contributed by atoms with Gasteiger partial charge < -0.3 is 5.32 Å². The van der Waals surface area contributed by atoms with Crippen LogP contribution in [-0.2, 0) is 6.54 Å². The second-order valence-corrected chi connectivity index (χ2v) is 7.03. The number of thiazole rings is 1. The zero-order valence-electron chi connectivity index (χ0n) is 11.8. The van der Waals surface area contributed by atoms with Crippen LogP contribution in [0.3, 0.4) is 0 Å². The summed E-state index contributed by atoms with van der Waals surface area (Å²) in [6.07, 6.45) is 6.21. The quantitative estimate of drug-likeness (QED) is 0.930. The van der Waals surface area contributed by atoms with Gasteiger partial charge in [0.1, 0.15) is 0 Å². The largest absolute Gasteiger partial charge is 0.311 e. The van der Waals surface area contributed by atoms with E-state index in [0.29, 0.717) is 12.1 Å². The van der Waals surface area contributed by atoms with Gasteiger partial charge in [-0.05, 0) is 26.7 Å². The molecule has 0 amide bonds. The minimum atomic E-state index is 0. The van der Waals surface area contributed by atoms with Gasteiger partial charge in [-0.25, -0.2) is 4.98 Å². The molecule has 2 aliphatic rings. The highest BCUT2D eigenvalue weighted by molar-refractivity contribution is 7.11. The topological polar surface area (TPSA) is 28.2 Å². The number of nitrogens with one attached hydrogen (secondary N) is 1. The molecule has 1 saturated carbocycles. The lowest BCUT2D eigenvalue weighted by atomic mass is 9.86. The Labute approximate surface area is 126 Å². The van der Waals surface area contributed by atoms with Gasteiger partial charge >= 0.3 is 0 Å². The second-order valence-electron chi connectivity index (χ2n) is 5.88. The Kier molecular flexibility index (Phi) is 5.23. The fourth-order valence-corrected chi connectivity index (χ4v) is 3.87. The molecule has 2 fully saturated rings. The van der Waals surface area contributed by atoms with E-state index in [2.05, 4.69) is 35.2 Å². The normalized spacial score (nSPS) is 28.7. The average molecular weight is 302 g/mol. The molecule has 108 valence electrons. The van der Waals surface area contributed by atoms with Gasteiger partial charge in [-0.15, -0.1) is 23.7 Å². The monoisotopic (exact) mass is 301 g/mol. The van der Waals surface area contributed by atoms with E-state index < -0.39 is 0 Å². The Morgan fingerprint density at radius 2 is 2.21 bits per heavy atom. The summed E-state index contributed by atoms with van der Waals surface area (Å²) in [4.78, 5) is 8.65. The van der Waals surface area contributed by atoms with E-state index in [0.717, 1.165) is 25.6 Å². The molecule has 5 heteroatoms. The maximum absolute atomic E-state index is 4.62. The Morgan fingerprint density at radius 1 is 1.42 bits per heavy atom. The second kappa shape index (κ2) is 6.53. The highest BCUT2D eigenvalue weighted by Crippen LogP contribution is 2.38. The van der Waals surface area contributed by atoms with Gasteiger partial charge in [0.25, 0.3) is 0 Å². The zero-order valence-corrected chi connectivity index (χ0v) is 13.4. The van der Waals surface area contributed by atoms with Crippen molar-refractivity contribution in [2.24, 2.45) is 0 Å². The van der Waals surface area contributed by atoms with Crippen LogP contribution in [0.1, 0.15) is 48.9 Å². The van der Waals surface area contributed by atoms with Gasteiger partial charge in [-0.3, -0.25) is 4.90 Å². The van der Waals surface area contributed by atoms with Crippen molar-refractivity contribution in [1.29, 1.82) is 0 Å². The van der Waals surface area contributed by atoms with Crippen molar-refractivity contribution in [3.63, 3.8) is 0 Å². The summed E-state index contributed by atoms with van der Waals surface area (Å²) in [7, 11) is 0. The van der Waals surface area contributed by atoms with E-state index in [-0.39, 0.29) is 12.4 Å². The maximum atomic E-state index is 4.62. The van der Waals surface area contributed by atoms with Crippen LogP contribution in [-0.4, -0.2) is 35.1 Å². The van der Waals surface area contributed by atoms with Crippen LogP contribution in [0.15, 0.2) is 6.20 Å². The van der Waals surface area contributed by atoms with Crippen molar-refractivity contribution >= 4 is 23.7 Å². The number of halogens is 1. The standard InChI is InChI=1S/C14H23N3S.ClH/c1-10-8-17(11(2)6-15-10)9-13-7-16-14(18-13)12-4-3-5-12;/h7,10-12,15H,3-6,8-9H2,1-2H3;1H. The summed E-state index contributed by atoms with van der Waals surface area (Å²) in [6, 6.07) is 1.25. The minimum Gasteiger partial charge on any atom is -0.311 e. The summed E-state index contributed by atoms with van der Waals surface area (Å²) in [6.45, 7) is 7.92. The van der Waals surface area contributed by atoms with E-state index in [1.807, 2.05) is 11.3 Å². The van der Waals surface area contributed by atoms with Crippen molar-refractivity contribution in [2.45, 2.75) is 57.7 Å². The first-order chi connectivity index (χ1) is 8.72. The van der Waals surface area contributed by atoms with E-state index in [1.54, 1.807) is 0 Å². The van der Waals surface area contributed by atoms with Gasteiger partial charge in [-0.1, -0.05) is 6.42 Å². The smallest absolute Gasteiger partial charge is 0.0959 e. The van der Waals surface area contributed by atoms with Crippen LogP contribution in [0.5, 0.6) is 0 Å². The number of hydrogen-bond donors (Lipinski definition) is 1. The average Bonchev–Trinajstić information content (AvgIpc) is 2.69. The molecule has 1 aromatic rings. The number of rotatable bonds is 3. The van der Waals surface area contributed by atoms with Gasteiger partial charge in [0.15, 0.2) is 0 Å². The highest BCUT2D eigenvalue weighted by Gasteiger charge is 2.25. The lowest BCUT2D eigenvalue weighted by Crippen LogP contribution is -2.53. The predicted molar refractivity (Wildman–Crippen MR) is 83.3 cm³/mol. The molecule has 19 heavy (non-hydrogen) atoms. The SMILES string of the molecule is CC1CN(Cc2cnc(C3CCC3)s2)C(C)CN1.Cl. The van der Waals surface area contributed by atoms with E-state index in [1.165, 1.54) is 29.1 Å². The van der Waals surface area contributed by atoms with Crippen molar-refractivity contribution in [3.8, 4) is 0 Å². The molecule has 3 rings (SSSR count). The van der Waals surface area contributed by atoms with Crippen LogP contribution in [0.4, 0.5) is 0 Å². The molecule has 2 unspecified atom stereocenters. The van der Waals surface area contributed by atoms with Crippen molar-refractivity contribution in [1.82, 2.24) is 15.2 Å². The summed E-state index contributed by atoms with van der Waals surface area (Å²) >= 11 is 1.94. The zero-order chi connectivity index (χ0) is 12.5. The third kappa shape index (κ3) is 3.48. The Bertz CT molecular complexity index is 405. The summed E-state index contributed by atoms with van der Waals surface area (Å²) in [5.74, 6) is 0.781. The fraction of sp³-hybridized carbons (Fsp3) is 0.786.